The van der Waals surface area contributed by atoms with Gasteiger partial charge in [-0.15, -0.1) is 0 Å². The molecule has 1 amide bonds. The Morgan fingerprint density at radius 3 is 2.50 bits per heavy atom. The van der Waals surface area contributed by atoms with Crippen LogP contribution >= 0.6 is 0 Å². The summed E-state index contributed by atoms with van der Waals surface area (Å²) in [4.78, 5) is 17.9. The molecule has 104 valence electrons. The first-order valence-electron chi connectivity index (χ1n) is 6.15. The van der Waals surface area contributed by atoms with Gasteiger partial charge in [0.2, 0.25) is 0 Å². The van der Waals surface area contributed by atoms with E-state index in [-0.39, 0.29) is 11.7 Å². The zero-order valence-electron chi connectivity index (χ0n) is 11.0. The van der Waals surface area contributed by atoms with Gasteiger partial charge in [0.15, 0.2) is 0 Å². The minimum absolute atomic E-state index is 0.199. The Morgan fingerprint density at radius 1 is 1.30 bits per heavy atom. The molecule has 0 bridgehead atoms. The molecule has 6 heteroatoms. The van der Waals surface area contributed by atoms with E-state index in [2.05, 4.69) is 10.4 Å². The molecular weight excluding hydrogens is 259 g/mol. The van der Waals surface area contributed by atoms with Gasteiger partial charge in [0, 0.05) is 18.4 Å². The molecular formula is C14H15FN4O. The predicted molar refractivity (Wildman–Crippen MR) is 75.8 cm³/mol. The Morgan fingerprint density at radius 2 is 2.00 bits per heavy atom. The lowest BCUT2D eigenvalue weighted by molar-refractivity contribution is 0.0988. The van der Waals surface area contributed by atoms with Crippen molar-refractivity contribution in [1.29, 1.82) is 0 Å². The summed E-state index contributed by atoms with van der Waals surface area (Å²) >= 11 is 0. The van der Waals surface area contributed by atoms with Gasteiger partial charge in [-0.2, -0.15) is 0 Å². The molecule has 0 saturated heterocycles. The van der Waals surface area contributed by atoms with E-state index in [0.29, 0.717) is 23.6 Å². The van der Waals surface area contributed by atoms with Gasteiger partial charge in [-0.1, -0.05) is 0 Å². The van der Waals surface area contributed by atoms with Crippen molar-refractivity contribution < 1.29 is 9.18 Å². The SMILES string of the molecule is CCN(C(=O)c1ccc(NN)nc1)c1ccc(F)cc1. The monoisotopic (exact) mass is 274 g/mol. The van der Waals surface area contributed by atoms with Crippen molar-refractivity contribution in [2.75, 3.05) is 16.9 Å². The first-order valence-corrected chi connectivity index (χ1v) is 6.15. The van der Waals surface area contributed by atoms with Crippen LogP contribution in [0.25, 0.3) is 0 Å². The largest absolute Gasteiger partial charge is 0.309 e. The number of nitrogens with one attached hydrogen (secondary N) is 1. The molecule has 0 atom stereocenters. The third-order valence-electron chi connectivity index (χ3n) is 2.86. The van der Waals surface area contributed by atoms with E-state index < -0.39 is 0 Å². The highest BCUT2D eigenvalue weighted by Gasteiger charge is 2.16. The number of hydrazine groups is 1. The molecule has 3 N–H and O–H groups in total. The van der Waals surface area contributed by atoms with Crippen molar-refractivity contribution in [2.45, 2.75) is 6.92 Å². The summed E-state index contributed by atoms with van der Waals surface area (Å²) in [5.74, 6) is 5.17. The number of pyridine rings is 1. The summed E-state index contributed by atoms with van der Waals surface area (Å²) in [5, 5.41) is 0. The lowest BCUT2D eigenvalue weighted by Gasteiger charge is -2.21. The molecule has 0 aliphatic heterocycles. The van der Waals surface area contributed by atoms with Crippen LogP contribution in [0.4, 0.5) is 15.9 Å². The molecule has 0 unspecified atom stereocenters. The number of benzene rings is 1. The zero-order chi connectivity index (χ0) is 14.5. The lowest BCUT2D eigenvalue weighted by Crippen LogP contribution is -2.30. The third kappa shape index (κ3) is 2.92. The highest BCUT2D eigenvalue weighted by atomic mass is 19.1. The number of hydrogen-bond donors (Lipinski definition) is 2. The second-order valence-corrected chi connectivity index (χ2v) is 4.10. The van der Waals surface area contributed by atoms with E-state index in [0.717, 1.165) is 0 Å². The van der Waals surface area contributed by atoms with Crippen LogP contribution in [0, 0.1) is 5.82 Å². The smallest absolute Gasteiger partial charge is 0.259 e. The number of carbonyl (C=O) groups is 1. The number of halogens is 1. The number of anilines is 2. The number of hydrogen-bond acceptors (Lipinski definition) is 4. The maximum absolute atomic E-state index is 12.9. The number of aromatic nitrogens is 1. The standard InChI is InChI=1S/C14H15FN4O/c1-2-19(12-6-4-11(15)5-7-12)14(20)10-3-8-13(18-16)17-9-10/h3-9H,2,16H2,1H3,(H,17,18). The lowest BCUT2D eigenvalue weighted by atomic mass is 10.2. The van der Waals surface area contributed by atoms with E-state index in [9.17, 15) is 9.18 Å². The fraction of sp³-hybridized carbons (Fsp3) is 0.143. The van der Waals surface area contributed by atoms with E-state index >= 15 is 0 Å². The molecule has 0 spiro atoms. The number of nitrogens with zero attached hydrogens (tertiary/aromatic N) is 2. The molecule has 1 aromatic heterocycles. The van der Waals surface area contributed by atoms with Crippen LogP contribution in [0.3, 0.4) is 0 Å². The van der Waals surface area contributed by atoms with Crippen LogP contribution in [0.15, 0.2) is 42.6 Å². The van der Waals surface area contributed by atoms with Gasteiger partial charge in [0.25, 0.3) is 5.91 Å². The van der Waals surface area contributed by atoms with Gasteiger partial charge in [-0.3, -0.25) is 4.79 Å². The van der Waals surface area contributed by atoms with Gasteiger partial charge >= 0.3 is 0 Å². The molecule has 0 aliphatic rings. The molecule has 1 heterocycles. The first kappa shape index (κ1) is 14.0. The number of rotatable bonds is 4. The average Bonchev–Trinajstić information content (AvgIpc) is 2.50. The van der Waals surface area contributed by atoms with E-state index in [1.807, 2.05) is 6.92 Å². The topological polar surface area (TPSA) is 71.2 Å². The summed E-state index contributed by atoms with van der Waals surface area (Å²) in [6.07, 6.45) is 1.45. The van der Waals surface area contributed by atoms with E-state index in [4.69, 9.17) is 5.84 Å². The Labute approximate surface area is 116 Å². The van der Waals surface area contributed by atoms with Gasteiger partial charge in [-0.05, 0) is 43.3 Å². The fourth-order valence-corrected chi connectivity index (χ4v) is 1.83. The molecule has 0 saturated carbocycles. The van der Waals surface area contributed by atoms with Gasteiger partial charge in [0.05, 0.1) is 5.56 Å². The molecule has 5 nitrogen and oxygen atoms in total. The van der Waals surface area contributed by atoms with Crippen molar-refractivity contribution in [3.05, 3.63) is 54.0 Å². The van der Waals surface area contributed by atoms with Crippen LogP contribution < -0.4 is 16.2 Å². The molecule has 0 radical (unpaired) electrons. The minimum Gasteiger partial charge on any atom is -0.309 e. The Hall–Kier alpha value is -2.47. The summed E-state index contributed by atoms with van der Waals surface area (Å²) in [6.45, 7) is 2.33. The molecule has 20 heavy (non-hydrogen) atoms. The van der Waals surface area contributed by atoms with Crippen LogP contribution in [-0.4, -0.2) is 17.4 Å². The number of carbonyl (C=O) groups excluding carboxylic acids is 1. The molecule has 0 fully saturated rings. The molecule has 1 aromatic carbocycles. The summed E-state index contributed by atoms with van der Waals surface area (Å²) in [5.41, 5.74) is 3.48. The fourth-order valence-electron chi connectivity index (χ4n) is 1.83. The minimum atomic E-state index is -0.336. The average molecular weight is 274 g/mol. The van der Waals surface area contributed by atoms with Crippen molar-refractivity contribution in [3.63, 3.8) is 0 Å². The van der Waals surface area contributed by atoms with E-state index in [1.165, 1.54) is 18.3 Å². The predicted octanol–water partition coefficient (Wildman–Crippen LogP) is 2.17. The maximum atomic E-state index is 12.9. The van der Waals surface area contributed by atoms with E-state index in [1.54, 1.807) is 29.2 Å². The third-order valence-corrected chi connectivity index (χ3v) is 2.86. The Balaban J connectivity index is 2.26. The molecule has 2 rings (SSSR count). The summed E-state index contributed by atoms with van der Waals surface area (Å²) in [6, 6.07) is 9.04. The number of nitrogens with two attached hydrogens (primary N) is 1. The van der Waals surface area contributed by atoms with Gasteiger partial charge < -0.3 is 10.3 Å². The van der Waals surface area contributed by atoms with Crippen molar-refractivity contribution in [3.8, 4) is 0 Å². The van der Waals surface area contributed by atoms with Crippen molar-refractivity contribution >= 4 is 17.4 Å². The number of nitrogen functional groups attached to an aromatic ring is 1. The van der Waals surface area contributed by atoms with Crippen molar-refractivity contribution in [1.82, 2.24) is 4.98 Å². The molecule has 0 aliphatic carbocycles. The normalized spacial score (nSPS) is 10.2. The quantitative estimate of drug-likeness (QED) is 0.662. The highest BCUT2D eigenvalue weighted by Crippen LogP contribution is 2.17. The van der Waals surface area contributed by atoms with Crippen LogP contribution in [0.5, 0.6) is 0 Å². The van der Waals surface area contributed by atoms with Gasteiger partial charge in [0.1, 0.15) is 11.6 Å². The van der Waals surface area contributed by atoms with Crippen LogP contribution in [0.2, 0.25) is 0 Å². The summed E-state index contributed by atoms with van der Waals surface area (Å²) < 4.78 is 12.9. The highest BCUT2D eigenvalue weighted by molar-refractivity contribution is 6.05. The zero-order valence-corrected chi connectivity index (χ0v) is 11.0. The summed E-state index contributed by atoms with van der Waals surface area (Å²) in [7, 11) is 0. The van der Waals surface area contributed by atoms with Crippen LogP contribution in [0.1, 0.15) is 17.3 Å². The first-order chi connectivity index (χ1) is 9.65. The van der Waals surface area contributed by atoms with Gasteiger partial charge in [-0.25, -0.2) is 15.2 Å². The Kier molecular flexibility index (Phi) is 4.27. The second kappa shape index (κ2) is 6.12. The maximum Gasteiger partial charge on any atom is 0.259 e. The number of amides is 1. The van der Waals surface area contributed by atoms with Crippen molar-refractivity contribution in [2.24, 2.45) is 5.84 Å². The second-order valence-electron chi connectivity index (χ2n) is 4.10. The Bertz CT molecular complexity index is 583. The van der Waals surface area contributed by atoms with Crippen LogP contribution in [-0.2, 0) is 0 Å². The molecule has 2 aromatic rings.